The predicted molar refractivity (Wildman–Crippen MR) is 74.2 cm³/mol. The molecule has 1 nitrogen and oxygen atoms in total. The molecule has 0 aliphatic rings. The lowest BCUT2D eigenvalue weighted by atomic mass is 10.0. The van der Waals surface area contributed by atoms with Crippen molar-refractivity contribution in [3.63, 3.8) is 0 Å². The van der Waals surface area contributed by atoms with Gasteiger partial charge in [-0.2, -0.15) is 0 Å². The van der Waals surface area contributed by atoms with E-state index >= 15 is 0 Å². The van der Waals surface area contributed by atoms with Crippen LogP contribution in [0.15, 0.2) is 40.9 Å². The van der Waals surface area contributed by atoms with E-state index in [-0.39, 0.29) is 12.0 Å². The van der Waals surface area contributed by atoms with Gasteiger partial charge in [0.1, 0.15) is 11.6 Å². The van der Waals surface area contributed by atoms with Gasteiger partial charge < -0.3 is 5.11 Å². The van der Waals surface area contributed by atoms with Crippen LogP contribution in [-0.4, -0.2) is 5.11 Å². The van der Waals surface area contributed by atoms with Crippen molar-refractivity contribution in [1.82, 2.24) is 0 Å². The molecule has 5 heteroatoms. The van der Waals surface area contributed by atoms with Crippen LogP contribution >= 0.6 is 27.5 Å². The molecule has 0 aromatic heterocycles. The minimum Gasteiger partial charge on any atom is -0.388 e. The Morgan fingerprint density at radius 2 is 1.79 bits per heavy atom. The first-order valence-corrected chi connectivity index (χ1v) is 6.72. The molecule has 0 bridgehead atoms. The molecule has 2 aromatic rings. The van der Waals surface area contributed by atoms with Gasteiger partial charge in [0.15, 0.2) is 0 Å². The average molecular weight is 348 g/mol. The van der Waals surface area contributed by atoms with Crippen LogP contribution in [-0.2, 0) is 6.42 Å². The summed E-state index contributed by atoms with van der Waals surface area (Å²) in [5.41, 5.74) is 0.358. The first kappa shape index (κ1) is 14.4. The monoisotopic (exact) mass is 346 g/mol. The highest BCUT2D eigenvalue weighted by Gasteiger charge is 2.17. The van der Waals surface area contributed by atoms with Crippen LogP contribution < -0.4 is 0 Å². The number of halogens is 4. The molecule has 0 amide bonds. The standard InChI is InChI=1S/C14H10BrClF2O/c15-11-5-4-8(16)6-9(11)14(19)7-10-12(17)2-1-3-13(10)18/h1-6,14,19H,7H2. The van der Waals surface area contributed by atoms with Gasteiger partial charge in [-0.05, 0) is 35.9 Å². The van der Waals surface area contributed by atoms with Crippen LogP contribution in [0.3, 0.4) is 0 Å². The predicted octanol–water partition coefficient (Wildman–Crippen LogP) is 4.66. The Bertz CT molecular complexity index is 584. The van der Waals surface area contributed by atoms with Gasteiger partial charge in [-0.1, -0.05) is 33.6 Å². The number of aliphatic hydroxyl groups excluding tert-OH is 1. The smallest absolute Gasteiger partial charge is 0.129 e. The van der Waals surface area contributed by atoms with E-state index in [1.165, 1.54) is 6.07 Å². The minimum absolute atomic E-state index is 0.137. The highest BCUT2D eigenvalue weighted by Crippen LogP contribution is 2.29. The topological polar surface area (TPSA) is 20.2 Å². The third-order valence-corrected chi connectivity index (χ3v) is 3.73. The quantitative estimate of drug-likeness (QED) is 0.856. The fourth-order valence-corrected chi connectivity index (χ4v) is 2.49. The van der Waals surface area contributed by atoms with Crippen LogP contribution in [0.2, 0.25) is 5.02 Å². The number of hydrogen-bond donors (Lipinski definition) is 1. The van der Waals surface area contributed by atoms with E-state index in [1.807, 2.05) is 0 Å². The van der Waals surface area contributed by atoms with Crippen molar-refractivity contribution in [3.8, 4) is 0 Å². The van der Waals surface area contributed by atoms with Gasteiger partial charge >= 0.3 is 0 Å². The summed E-state index contributed by atoms with van der Waals surface area (Å²) in [5.74, 6) is -1.34. The van der Waals surface area contributed by atoms with E-state index in [1.54, 1.807) is 18.2 Å². The molecule has 1 N–H and O–H groups in total. The van der Waals surface area contributed by atoms with Crippen LogP contribution in [0.4, 0.5) is 8.78 Å². The van der Waals surface area contributed by atoms with Crippen molar-refractivity contribution in [1.29, 1.82) is 0 Å². The molecule has 0 saturated carbocycles. The van der Waals surface area contributed by atoms with E-state index in [9.17, 15) is 13.9 Å². The van der Waals surface area contributed by atoms with Crippen molar-refractivity contribution in [2.24, 2.45) is 0 Å². The first-order chi connectivity index (χ1) is 8.99. The maximum absolute atomic E-state index is 13.5. The van der Waals surface area contributed by atoms with Crippen molar-refractivity contribution in [3.05, 3.63) is 68.7 Å². The largest absolute Gasteiger partial charge is 0.388 e. The summed E-state index contributed by atoms with van der Waals surface area (Å²) in [7, 11) is 0. The zero-order valence-corrected chi connectivity index (χ0v) is 12.0. The summed E-state index contributed by atoms with van der Waals surface area (Å²) < 4.78 is 27.7. The molecule has 2 rings (SSSR count). The fourth-order valence-electron chi connectivity index (χ4n) is 1.80. The molecule has 0 heterocycles. The van der Waals surface area contributed by atoms with Crippen LogP contribution in [0, 0.1) is 11.6 Å². The van der Waals surface area contributed by atoms with Crippen LogP contribution in [0.1, 0.15) is 17.2 Å². The molecular weight excluding hydrogens is 338 g/mol. The Hall–Kier alpha value is -0.970. The van der Waals surface area contributed by atoms with Gasteiger partial charge in [-0.25, -0.2) is 8.78 Å². The Morgan fingerprint density at radius 3 is 2.42 bits per heavy atom. The Morgan fingerprint density at radius 1 is 1.16 bits per heavy atom. The molecule has 0 radical (unpaired) electrons. The SMILES string of the molecule is OC(Cc1c(F)cccc1F)c1cc(Cl)ccc1Br. The van der Waals surface area contributed by atoms with Crippen LogP contribution in [0.5, 0.6) is 0 Å². The van der Waals surface area contributed by atoms with Gasteiger partial charge in [0, 0.05) is 21.5 Å². The number of rotatable bonds is 3. The van der Waals surface area contributed by atoms with Crippen LogP contribution in [0.25, 0.3) is 0 Å². The molecule has 0 fully saturated rings. The third kappa shape index (κ3) is 3.32. The lowest BCUT2D eigenvalue weighted by Crippen LogP contribution is -2.06. The van der Waals surface area contributed by atoms with Gasteiger partial charge in [-0.3, -0.25) is 0 Å². The average Bonchev–Trinajstić information content (AvgIpc) is 2.37. The van der Waals surface area contributed by atoms with E-state index in [2.05, 4.69) is 15.9 Å². The highest BCUT2D eigenvalue weighted by atomic mass is 79.9. The Balaban J connectivity index is 2.31. The molecule has 100 valence electrons. The molecule has 0 aliphatic carbocycles. The summed E-state index contributed by atoms with van der Waals surface area (Å²) in [5, 5.41) is 10.6. The summed E-state index contributed by atoms with van der Waals surface area (Å²) in [6.07, 6.45) is -1.20. The highest BCUT2D eigenvalue weighted by molar-refractivity contribution is 9.10. The first-order valence-electron chi connectivity index (χ1n) is 5.55. The van der Waals surface area contributed by atoms with Gasteiger partial charge in [0.05, 0.1) is 6.10 Å². The summed E-state index contributed by atoms with van der Waals surface area (Å²) in [6, 6.07) is 8.52. The molecular formula is C14H10BrClF2O. The second-order valence-electron chi connectivity index (χ2n) is 4.09. The van der Waals surface area contributed by atoms with Gasteiger partial charge in [0.25, 0.3) is 0 Å². The van der Waals surface area contributed by atoms with Gasteiger partial charge in [-0.15, -0.1) is 0 Å². The fraction of sp³-hybridized carbons (Fsp3) is 0.143. The Kier molecular flexibility index (Phi) is 4.55. The number of hydrogen-bond acceptors (Lipinski definition) is 1. The maximum atomic E-state index is 13.5. The zero-order chi connectivity index (χ0) is 14.0. The molecule has 2 aromatic carbocycles. The lowest BCUT2D eigenvalue weighted by Gasteiger charge is -2.14. The van der Waals surface area contributed by atoms with E-state index in [0.717, 1.165) is 12.1 Å². The minimum atomic E-state index is -1.04. The normalized spacial score (nSPS) is 12.5. The molecule has 19 heavy (non-hydrogen) atoms. The lowest BCUT2D eigenvalue weighted by molar-refractivity contribution is 0.175. The third-order valence-electron chi connectivity index (χ3n) is 2.78. The van der Waals surface area contributed by atoms with Crippen molar-refractivity contribution < 1.29 is 13.9 Å². The van der Waals surface area contributed by atoms with Crippen molar-refractivity contribution in [2.45, 2.75) is 12.5 Å². The summed E-state index contributed by atoms with van der Waals surface area (Å²) >= 11 is 9.12. The van der Waals surface area contributed by atoms with Crippen molar-refractivity contribution >= 4 is 27.5 Å². The second-order valence-corrected chi connectivity index (χ2v) is 5.38. The summed E-state index contributed by atoms with van der Waals surface area (Å²) in [6.45, 7) is 0. The molecule has 0 saturated heterocycles. The number of benzene rings is 2. The molecule has 1 atom stereocenters. The molecule has 1 unspecified atom stereocenters. The number of aliphatic hydroxyl groups is 1. The second kappa shape index (κ2) is 5.99. The molecule has 0 spiro atoms. The molecule has 0 aliphatic heterocycles. The van der Waals surface area contributed by atoms with Crippen molar-refractivity contribution in [2.75, 3.05) is 0 Å². The summed E-state index contributed by atoms with van der Waals surface area (Å²) in [4.78, 5) is 0. The van der Waals surface area contributed by atoms with Gasteiger partial charge in [0.2, 0.25) is 0 Å². The maximum Gasteiger partial charge on any atom is 0.129 e. The van der Waals surface area contributed by atoms with E-state index in [4.69, 9.17) is 11.6 Å². The van der Waals surface area contributed by atoms with E-state index < -0.39 is 17.7 Å². The Labute approximate surface area is 123 Å². The zero-order valence-electron chi connectivity index (χ0n) is 9.71. The van der Waals surface area contributed by atoms with E-state index in [0.29, 0.717) is 15.1 Å².